The number of nitrogens with one attached hydrogen (secondary N) is 1. The Bertz CT molecular complexity index is 168. The van der Waals surface area contributed by atoms with Gasteiger partial charge >= 0.3 is 0 Å². The Morgan fingerprint density at radius 1 is 1.50 bits per heavy atom. The van der Waals surface area contributed by atoms with Gasteiger partial charge in [-0.1, -0.05) is 28.6 Å². The van der Waals surface area contributed by atoms with E-state index in [1.165, 1.54) is 0 Å². The first-order valence-electron chi connectivity index (χ1n) is 3.07. The van der Waals surface area contributed by atoms with Gasteiger partial charge in [0.15, 0.2) is 0 Å². The van der Waals surface area contributed by atoms with Crippen molar-refractivity contribution in [3.05, 3.63) is 35.0 Å². The van der Waals surface area contributed by atoms with Crippen LogP contribution in [-0.2, 0) is 0 Å². The zero-order chi connectivity index (χ0) is 7.98. The third-order valence-corrected chi connectivity index (χ3v) is 1.76. The SMILES string of the molecule is C=C(/C=C\C(Br)=C/C)NC. The van der Waals surface area contributed by atoms with Crippen molar-refractivity contribution in [2.75, 3.05) is 7.05 Å². The molecule has 0 aliphatic rings. The molecule has 0 unspecified atom stereocenters. The summed E-state index contributed by atoms with van der Waals surface area (Å²) in [4.78, 5) is 0. The van der Waals surface area contributed by atoms with Gasteiger partial charge in [0, 0.05) is 17.2 Å². The first kappa shape index (κ1) is 9.50. The molecule has 0 saturated heterocycles. The van der Waals surface area contributed by atoms with Crippen molar-refractivity contribution in [2.45, 2.75) is 6.92 Å². The molecule has 0 atom stereocenters. The molecule has 0 rings (SSSR count). The molecule has 0 fully saturated rings. The van der Waals surface area contributed by atoms with Crippen LogP contribution in [0, 0.1) is 0 Å². The molecule has 2 heteroatoms. The monoisotopic (exact) mass is 201 g/mol. The topological polar surface area (TPSA) is 12.0 Å². The highest BCUT2D eigenvalue weighted by atomic mass is 79.9. The minimum absolute atomic E-state index is 0.902. The second-order valence-electron chi connectivity index (χ2n) is 1.78. The molecule has 0 bridgehead atoms. The van der Waals surface area contributed by atoms with E-state index < -0.39 is 0 Å². The molecule has 0 radical (unpaired) electrons. The fourth-order valence-electron chi connectivity index (χ4n) is 0.360. The Morgan fingerprint density at radius 3 is 2.50 bits per heavy atom. The smallest absolute Gasteiger partial charge is 0.0264 e. The largest absolute Gasteiger partial charge is 0.389 e. The first-order chi connectivity index (χ1) is 4.70. The Hall–Kier alpha value is -0.500. The second-order valence-corrected chi connectivity index (χ2v) is 2.70. The number of hydrogen-bond acceptors (Lipinski definition) is 1. The summed E-state index contributed by atoms with van der Waals surface area (Å²) in [6.45, 7) is 5.70. The average Bonchev–Trinajstić information content (AvgIpc) is 1.99. The van der Waals surface area contributed by atoms with Crippen LogP contribution in [0.25, 0.3) is 0 Å². The van der Waals surface area contributed by atoms with E-state index in [-0.39, 0.29) is 0 Å². The molecule has 0 amide bonds. The molecule has 56 valence electrons. The lowest BCUT2D eigenvalue weighted by atomic mass is 10.4. The maximum absolute atomic E-state index is 3.73. The van der Waals surface area contributed by atoms with Crippen molar-refractivity contribution in [2.24, 2.45) is 0 Å². The molecule has 10 heavy (non-hydrogen) atoms. The molecule has 0 aliphatic heterocycles. The van der Waals surface area contributed by atoms with Crippen LogP contribution >= 0.6 is 15.9 Å². The van der Waals surface area contributed by atoms with Crippen molar-refractivity contribution < 1.29 is 0 Å². The molecule has 1 N–H and O–H groups in total. The number of halogens is 1. The highest BCUT2D eigenvalue weighted by Gasteiger charge is 1.80. The van der Waals surface area contributed by atoms with Gasteiger partial charge in [0.05, 0.1) is 0 Å². The van der Waals surface area contributed by atoms with Crippen LogP contribution in [0.5, 0.6) is 0 Å². The van der Waals surface area contributed by atoms with Crippen molar-refractivity contribution in [3.63, 3.8) is 0 Å². The standard InChI is InChI=1S/C8H12BrN/c1-4-8(9)6-5-7(2)10-3/h4-6,10H,2H2,1,3H3/b6-5-,8-4+. The summed E-state index contributed by atoms with van der Waals surface area (Å²) in [6.07, 6.45) is 5.82. The third kappa shape index (κ3) is 4.39. The van der Waals surface area contributed by atoms with Crippen LogP contribution in [0.1, 0.15) is 6.92 Å². The number of rotatable bonds is 3. The van der Waals surface area contributed by atoms with E-state index >= 15 is 0 Å². The Kier molecular flexibility index (Phi) is 5.03. The molecule has 0 spiro atoms. The highest BCUT2D eigenvalue weighted by molar-refractivity contribution is 9.11. The molecule has 0 aromatic heterocycles. The van der Waals surface area contributed by atoms with Gasteiger partial charge < -0.3 is 5.32 Å². The van der Waals surface area contributed by atoms with E-state index in [1.807, 2.05) is 32.2 Å². The fraction of sp³-hybridized carbons (Fsp3) is 0.250. The van der Waals surface area contributed by atoms with Gasteiger partial charge in [-0.2, -0.15) is 0 Å². The van der Waals surface area contributed by atoms with Gasteiger partial charge in [-0.25, -0.2) is 0 Å². The van der Waals surface area contributed by atoms with Crippen LogP contribution in [0.15, 0.2) is 35.0 Å². The van der Waals surface area contributed by atoms with Crippen molar-refractivity contribution in [1.82, 2.24) is 5.32 Å². The van der Waals surface area contributed by atoms with E-state index in [2.05, 4.69) is 27.8 Å². The van der Waals surface area contributed by atoms with Crippen LogP contribution in [0.2, 0.25) is 0 Å². The third-order valence-electron chi connectivity index (χ3n) is 1.04. The van der Waals surface area contributed by atoms with Gasteiger partial charge in [-0.3, -0.25) is 0 Å². The van der Waals surface area contributed by atoms with E-state index in [4.69, 9.17) is 0 Å². The summed E-state index contributed by atoms with van der Waals surface area (Å²) in [7, 11) is 1.84. The van der Waals surface area contributed by atoms with Crippen LogP contribution in [0.3, 0.4) is 0 Å². The Labute approximate surface area is 70.6 Å². The molecule has 0 saturated carbocycles. The normalized spacial score (nSPS) is 12.1. The summed E-state index contributed by atoms with van der Waals surface area (Å²) in [6, 6.07) is 0. The molecule has 0 aliphatic carbocycles. The summed E-state index contributed by atoms with van der Waals surface area (Å²) in [5.74, 6) is 0. The number of allylic oxidation sites excluding steroid dienone is 4. The second kappa shape index (κ2) is 5.30. The van der Waals surface area contributed by atoms with Crippen molar-refractivity contribution in [1.29, 1.82) is 0 Å². The molecule has 0 aromatic carbocycles. The average molecular weight is 202 g/mol. The van der Waals surface area contributed by atoms with Gasteiger partial charge in [0.25, 0.3) is 0 Å². The first-order valence-corrected chi connectivity index (χ1v) is 3.86. The zero-order valence-corrected chi connectivity index (χ0v) is 7.90. The van der Waals surface area contributed by atoms with Crippen LogP contribution in [-0.4, -0.2) is 7.05 Å². The maximum Gasteiger partial charge on any atom is 0.0264 e. The summed E-state index contributed by atoms with van der Waals surface area (Å²) in [5.41, 5.74) is 0.902. The van der Waals surface area contributed by atoms with Gasteiger partial charge in [-0.15, -0.1) is 0 Å². The number of hydrogen-bond donors (Lipinski definition) is 1. The van der Waals surface area contributed by atoms with Gasteiger partial charge in [0.2, 0.25) is 0 Å². The predicted molar refractivity (Wildman–Crippen MR) is 50.0 cm³/mol. The van der Waals surface area contributed by atoms with Gasteiger partial charge in [-0.05, 0) is 19.1 Å². The van der Waals surface area contributed by atoms with E-state index in [0.29, 0.717) is 0 Å². The van der Waals surface area contributed by atoms with E-state index in [9.17, 15) is 0 Å². The molecular weight excluding hydrogens is 190 g/mol. The highest BCUT2D eigenvalue weighted by Crippen LogP contribution is 2.06. The quantitative estimate of drug-likeness (QED) is 0.693. The lowest BCUT2D eigenvalue weighted by Gasteiger charge is -1.94. The zero-order valence-electron chi connectivity index (χ0n) is 6.32. The summed E-state index contributed by atoms with van der Waals surface area (Å²) < 4.78 is 1.06. The van der Waals surface area contributed by atoms with Crippen molar-refractivity contribution >= 4 is 15.9 Å². The molecule has 0 aromatic rings. The molecule has 0 heterocycles. The fourth-order valence-corrected chi connectivity index (χ4v) is 0.492. The lowest BCUT2D eigenvalue weighted by Crippen LogP contribution is -2.00. The van der Waals surface area contributed by atoms with E-state index in [1.54, 1.807) is 0 Å². The van der Waals surface area contributed by atoms with Gasteiger partial charge in [0.1, 0.15) is 0 Å². The minimum atomic E-state index is 0.902. The maximum atomic E-state index is 3.73. The van der Waals surface area contributed by atoms with Crippen LogP contribution < -0.4 is 5.32 Å². The Morgan fingerprint density at radius 2 is 2.10 bits per heavy atom. The molecular formula is C8H12BrN. The predicted octanol–water partition coefficient (Wildman–Crippen LogP) is 2.57. The minimum Gasteiger partial charge on any atom is -0.389 e. The van der Waals surface area contributed by atoms with E-state index in [0.717, 1.165) is 10.2 Å². The lowest BCUT2D eigenvalue weighted by molar-refractivity contribution is 1.04. The molecule has 1 nitrogen and oxygen atoms in total. The summed E-state index contributed by atoms with van der Waals surface area (Å²) in [5, 5.41) is 2.92. The Balaban J connectivity index is 3.88. The summed E-state index contributed by atoms with van der Waals surface area (Å²) >= 11 is 3.34. The number of likely N-dealkylation sites (N-methyl/N-ethyl adjacent to an activating group) is 1. The van der Waals surface area contributed by atoms with Crippen LogP contribution in [0.4, 0.5) is 0 Å². The van der Waals surface area contributed by atoms with Crippen molar-refractivity contribution in [3.8, 4) is 0 Å².